The Morgan fingerprint density at radius 3 is 2.60 bits per heavy atom. The van der Waals surface area contributed by atoms with E-state index < -0.39 is 11.7 Å². The fourth-order valence-corrected chi connectivity index (χ4v) is 3.53. The summed E-state index contributed by atoms with van der Waals surface area (Å²) in [5.41, 5.74) is -0.295. The van der Waals surface area contributed by atoms with Crippen LogP contribution in [0.15, 0.2) is 24.3 Å². The average Bonchev–Trinajstić information content (AvgIpc) is 3.10. The first-order valence-corrected chi connectivity index (χ1v) is 8.57. The average molecular weight is 354 g/mol. The molecule has 4 nitrogen and oxygen atoms in total. The van der Waals surface area contributed by atoms with Crippen LogP contribution in [0.3, 0.4) is 0 Å². The van der Waals surface area contributed by atoms with E-state index in [1.165, 1.54) is 11.0 Å². The minimum Gasteiger partial charge on any atom is -0.342 e. The lowest BCUT2D eigenvalue weighted by atomic mass is 9.95. The second-order valence-electron chi connectivity index (χ2n) is 6.74. The van der Waals surface area contributed by atoms with Gasteiger partial charge in [-0.05, 0) is 37.0 Å². The highest BCUT2D eigenvalue weighted by Crippen LogP contribution is 2.30. The predicted molar refractivity (Wildman–Crippen MR) is 85.4 cm³/mol. The summed E-state index contributed by atoms with van der Waals surface area (Å²) in [6.45, 7) is 1.91. The van der Waals surface area contributed by atoms with Crippen LogP contribution >= 0.6 is 0 Å². The summed E-state index contributed by atoms with van der Waals surface area (Å²) < 4.78 is 38.5. The van der Waals surface area contributed by atoms with Crippen LogP contribution in [0, 0.1) is 5.92 Å². The minimum absolute atomic E-state index is 0.0686. The molecule has 2 heterocycles. The molecule has 2 aliphatic rings. The fourth-order valence-electron chi connectivity index (χ4n) is 3.53. The maximum atomic E-state index is 12.8. The topological polar surface area (TPSA) is 40.6 Å². The molecule has 2 saturated heterocycles. The van der Waals surface area contributed by atoms with Crippen LogP contribution in [0.5, 0.6) is 0 Å². The molecule has 2 aliphatic heterocycles. The lowest BCUT2D eigenvalue weighted by molar-refractivity contribution is -0.142. The van der Waals surface area contributed by atoms with Crippen molar-refractivity contribution in [2.24, 2.45) is 5.92 Å². The van der Waals surface area contributed by atoms with Crippen molar-refractivity contribution in [2.45, 2.75) is 38.4 Å². The number of halogens is 3. The van der Waals surface area contributed by atoms with Crippen molar-refractivity contribution in [3.8, 4) is 0 Å². The zero-order valence-electron chi connectivity index (χ0n) is 13.9. The van der Waals surface area contributed by atoms with E-state index in [4.69, 9.17) is 0 Å². The van der Waals surface area contributed by atoms with E-state index in [-0.39, 0.29) is 37.2 Å². The van der Waals surface area contributed by atoms with Gasteiger partial charge in [0.2, 0.25) is 11.8 Å². The molecule has 1 unspecified atom stereocenters. The molecule has 1 atom stereocenters. The second kappa shape index (κ2) is 7.06. The lowest BCUT2D eigenvalue weighted by Gasteiger charge is -2.34. The van der Waals surface area contributed by atoms with Gasteiger partial charge in [-0.1, -0.05) is 12.1 Å². The van der Waals surface area contributed by atoms with Crippen LogP contribution in [0.4, 0.5) is 13.2 Å². The summed E-state index contributed by atoms with van der Waals surface area (Å²) in [5, 5.41) is 0. The predicted octanol–water partition coefficient (Wildman–Crippen LogP) is 3.07. The van der Waals surface area contributed by atoms with Gasteiger partial charge in [-0.15, -0.1) is 0 Å². The fraction of sp³-hybridized carbons (Fsp3) is 0.556. The van der Waals surface area contributed by atoms with Gasteiger partial charge in [0.05, 0.1) is 11.5 Å². The Hall–Kier alpha value is -2.05. The van der Waals surface area contributed by atoms with Gasteiger partial charge < -0.3 is 9.80 Å². The molecular formula is C18H21F3N2O2. The van der Waals surface area contributed by atoms with Crippen molar-refractivity contribution in [3.63, 3.8) is 0 Å². The van der Waals surface area contributed by atoms with E-state index in [0.29, 0.717) is 12.0 Å². The third-order valence-electron chi connectivity index (χ3n) is 4.89. The highest BCUT2D eigenvalue weighted by Gasteiger charge is 2.34. The minimum atomic E-state index is -4.41. The van der Waals surface area contributed by atoms with Crippen LogP contribution < -0.4 is 0 Å². The number of benzene rings is 1. The number of hydrogen-bond acceptors (Lipinski definition) is 2. The molecule has 25 heavy (non-hydrogen) atoms. The molecular weight excluding hydrogens is 333 g/mol. The molecule has 0 spiro atoms. The van der Waals surface area contributed by atoms with Crippen molar-refractivity contribution in [1.29, 1.82) is 0 Å². The zero-order valence-corrected chi connectivity index (χ0v) is 13.9. The number of alkyl halides is 3. The van der Waals surface area contributed by atoms with Gasteiger partial charge in [-0.2, -0.15) is 13.2 Å². The smallest absolute Gasteiger partial charge is 0.342 e. The Kier molecular flexibility index (Phi) is 5.01. The first kappa shape index (κ1) is 17.8. The zero-order chi connectivity index (χ0) is 18.0. The van der Waals surface area contributed by atoms with Gasteiger partial charge in [-0.25, -0.2) is 0 Å². The number of likely N-dealkylation sites (tertiary alicyclic amines) is 2. The monoisotopic (exact) mass is 354 g/mol. The molecule has 0 bridgehead atoms. The third-order valence-corrected chi connectivity index (χ3v) is 4.89. The molecule has 0 aromatic heterocycles. The molecule has 0 saturated carbocycles. The number of hydrogen-bond donors (Lipinski definition) is 0. The van der Waals surface area contributed by atoms with E-state index >= 15 is 0 Å². The standard InChI is InChI=1S/C18H21F3N2O2/c19-18(20,21)15-5-3-4-13(10-15)11-23-12-14(6-7-16(23)24)17(25)22-8-1-2-9-22/h3-5,10,14H,1-2,6-9,11-12H2. The Bertz CT molecular complexity index is 654. The number of nitrogens with zero attached hydrogens (tertiary/aromatic N) is 2. The largest absolute Gasteiger partial charge is 0.416 e. The number of amides is 2. The molecule has 3 rings (SSSR count). The molecule has 0 radical (unpaired) electrons. The van der Waals surface area contributed by atoms with Crippen LogP contribution in [-0.4, -0.2) is 41.2 Å². The van der Waals surface area contributed by atoms with E-state index in [9.17, 15) is 22.8 Å². The quantitative estimate of drug-likeness (QED) is 0.837. The van der Waals surface area contributed by atoms with Crippen LogP contribution in [-0.2, 0) is 22.3 Å². The first-order chi connectivity index (χ1) is 11.8. The maximum Gasteiger partial charge on any atom is 0.416 e. The van der Waals surface area contributed by atoms with Crippen molar-refractivity contribution in [1.82, 2.24) is 9.80 Å². The van der Waals surface area contributed by atoms with E-state index in [1.54, 1.807) is 6.07 Å². The van der Waals surface area contributed by atoms with E-state index in [0.717, 1.165) is 38.1 Å². The van der Waals surface area contributed by atoms with Crippen molar-refractivity contribution < 1.29 is 22.8 Å². The van der Waals surface area contributed by atoms with E-state index in [2.05, 4.69) is 0 Å². The summed E-state index contributed by atoms with van der Waals surface area (Å²) in [6, 6.07) is 5.01. The summed E-state index contributed by atoms with van der Waals surface area (Å²) in [4.78, 5) is 28.0. The number of piperidine rings is 1. The SMILES string of the molecule is O=C1CCC(C(=O)N2CCCC2)CN1Cc1cccc(C(F)(F)F)c1. The van der Waals surface area contributed by atoms with Crippen LogP contribution in [0.2, 0.25) is 0 Å². The molecule has 1 aromatic rings. The van der Waals surface area contributed by atoms with Crippen molar-refractivity contribution in [2.75, 3.05) is 19.6 Å². The molecule has 7 heteroatoms. The van der Waals surface area contributed by atoms with Crippen LogP contribution in [0.1, 0.15) is 36.8 Å². The van der Waals surface area contributed by atoms with Crippen molar-refractivity contribution in [3.05, 3.63) is 35.4 Å². The third kappa shape index (κ3) is 4.14. The van der Waals surface area contributed by atoms with Crippen LogP contribution in [0.25, 0.3) is 0 Å². The first-order valence-electron chi connectivity index (χ1n) is 8.57. The van der Waals surface area contributed by atoms with E-state index in [1.807, 2.05) is 4.90 Å². The summed E-state index contributed by atoms with van der Waals surface area (Å²) in [6.07, 6.45) is -1.61. The van der Waals surface area contributed by atoms with Crippen molar-refractivity contribution >= 4 is 11.8 Å². The molecule has 2 amide bonds. The van der Waals surface area contributed by atoms with Gasteiger partial charge in [-0.3, -0.25) is 9.59 Å². The number of carbonyl (C=O) groups excluding carboxylic acids is 2. The van der Waals surface area contributed by atoms with Gasteiger partial charge in [0.1, 0.15) is 0 Å². The highest BCUT2D eigenvalue weighted by molar-refractivity contribution is 5.84. The Morgan fingerprint density at radius 1 is 1.20 bits per heavy atom. The number of carbonyl (C=O) groups is 2. The van der Waals surface area contributed by atoms with Gasteiger partial charge >= 0.3 is 6.18 Å². The van der Waals surface area contributed by atoms with Gasteiger partial charge in [0.25, 0.3) is 0 Å². The maximum absolute atomic E-state index is 12.8. The summed E-state index contributed by atoms with van der Waals surface area (Å²) in [7, 11) is 0. The normalized spacial score (nSPS) is 21.7. The molecule has 0 aliphatic carbocycles. The molecule has 2 fully saturated rings. The number of rotatable bonds is 3. The van der Waals surface area contributed by atoms with Gasteiger partial charge in [0.15, 0.2) is 0 Å². The highest BCUT2D eigenvalue weighted by atomic mass is 19.4. The molecule has 0 N–H and O–H groups in total. The lowest BCUT2D eigenvalue weighted by Crippen LogP contribution is -2.46. The Labute approximate surface area is 144 Å². The Morgan fingerprint density at radius 2 is 1.92 bits per heavy atom. The summed E-state index contributed by atoms with van der Waals surface area (Å²) >= 11 is 0. The summed E-state index contributed by atoms with van der Waals surface area (Å²) in [5.74, 6) is -0.288. The molecule has 136 valence electrons. The molecule has 1 aromatic carbocycles. The van der Waals surface area contributed by atoms with Gasteiger partial charge in [0, 0.05) is 32.6 Å². The Balaban J connectivity index is 1.68. The second-order valence-corrected chi connectivity index (χ2v) is 6.74.